The van der Waals surface area contributed by atoms with Gasteiger partial charge in [-0.15, -0.1) is 0 Å². The van der Waals surface area contributed by atoms with Crippen LogP contribution in [0, 0.1) is 0 Å². The van der Waals surface area contributed by atoms with Crippen LogP contribution in [0.25, 0.3) is 0 Å². The molecule has 1 aliphatic rings. The van der Waals surface area contributed by atoms with Crippen molar-refractivity contribution in [3.05, 3.63) is 35.9 Å². The summed E-state index contributed by atoms with van der Waals surface area (Å²) in [6.45, 7) is 5.76. The quantitative estimate of drug-likeness (QED) is 0.595. The van der Waals surface area contributed by atoms with Gasteiger partial charge in [-0.1, -0.05) is 30.3 Å². The van der Waals surface area contributed by atoms with Crippen molar-refractivity contribution in [1.82, 2.24) is 9.80 Å². The smallest absolute Gasteiger partial charge is 0.334 e. The van der Waals surface area contributed by atoms with E-state index in [1.54, 1.807) is 6.92 Å². The van der Waals surface area contributed by atoms with Crippen LogP contribution < -0.4 is 0 Å². The average Bonchev–Trinajstić information content (AvgIpc) is 2.71. The van der Waals surface area contributed by atoms with Crippen molar-refractivity contribution < 1.29 is 19.1 Å². The Kier molecular flexibility index (Phi) is 4.92. The summed E-state index contributed by atoms with van der Waals surface area (Å²) in [4.78, 5) is 38.4. The van der Waals surface area contributed by atoms with Gasteiger partial charge in [0.15, 0.2) is 0 Å². The fourth-order valence-electron chi connectivity index (χ4n) is 2.32. The molecule has 6 heteroatoms. The van der Waals surface area contributed by atoms with E-state index in [1.807, 2.05) is 44.2 Å². The lowest BCUT2D eigenvalue weighted by atomic mass is 10.1. The Bertz CT molecular complexity index is 571. The maximum absolute atomic E-state index is 12.4. The molecule has 0 aromatic heterocycles. The van der Waals surface area contributed by atoms with Crippen molar-refractivity contribution in [2.75, 3.05) is 13.2 Å². The van der Waals surface area contributed by atoms with Crippen LogP contribution in [0.5, 0.6) is 0 Å². The predicted molar refractivity (Wildman–Crippen MR) is 79.9 cm³/mol. The Labute approximate surface area is 129 Å². The lowest BCUT2D eigenvalue weighted by Crippen LogP contribution is -2.37. The molecule has 1 aromatic rings. The highest BCUT2D eigenvalue weighted by Crippen LogP contribution is 2.25. The first-order chi connectivity index (χ1) is 10.4. The Balaban J connectivity index is 2.12. The van der Waals surface area contributed by atoms with E-state index in [9.17, 15) is 14.4 Å². The van der Waals surface area contributed by atoms with Gasteiger partial charge in [0, 0.05) is 0 Å². The minimum atomic E-state index is -0.792. The molecule has 0 unspecified atom stereocenters. The molecule has 0 spiro atoms. The van der Waals surface area contributed by atoms with Crippen molar-refractivity contribution >= 4 is 17.8 Å². The number of nitrogens with zero attached hydrogens (tertiary/aromatic N) is 2. The third-order valence-electron chi connectivity index (χ3n) is 3.52. The lowest BCUT2D eigenvalue weighted by Gasteiger charge is -2.22. The van der Waals surface area contributed by atoms with E-state index in [0.717, 1.165) is 15.4 Å². The number of hydrogen-bond acceptors (Lipinski definition) is 4. The van der Waals surface area contributed by atoms with Gasteiger partial charge in [-0.2, -0.15) is 0 Å². The van der Waals surface area contributed by atoms with Gasteiger partial charge in [-0.25, -0.2) is 9.69 Å². The molecule has 0 saturated carbocycles. The first-order valence-corrected chi connectivity index (χ1v) is 7.29. The van der Waals surface area contributed by atoms with E-state index in [4.69, 9.17) is 4.74 Å². The van der Waals surface area contributed by atoms with Gasteiger partial charge >= 0.3 is 17.8 Å². The highest BCUT2D eigenvalue weighted by Gasteiger charge is 2.46. The number of carbonyl (C=O) groups is 3. The second-order valence-electron chi connectivity index (χ2n) is 5.42. The zero-order chi connectivity index (χ0) is 16.3. The van der Waals surface area contributed by atoms with E-state index >= 15 is 0 Å². The monoisotopic (exact) mass is 304 g/mol. The molecule has 0 radical (unpaired) electrons. The summed E-state index contributed by atoms with van der Waals surface area (Å²) in [5, 5.41) is 0. The molecule has 1 fully saturated rings. The fraction of sp³-hybridized carbons (Fsp3) is 0.438. The normalized spacial score (nSPS) is 16.8. The Morgan fingerprint density at radius 3 is 2.23 bits per heavy atom. The molecule has 0 bridgehead atoms. The molecule has 1 aromatic carbocycles. The van der Waals surface area contributed by atoms with Gasteiger partial charge in [0.05, 0.1) is 25.3 Å². The maximum Gasteiger partial charge on any atom is 0.334 e. The number of imide groups is 2. The zero-order valence-electron chi connectivity index (χ0n) is 13.0. The highest BCUT2D eigenvalue weighted by molar-refractivity contribution is 6.44. The average molecular weight is 304 g/mol. The summed E-state index contributed by atoms with van der Waals surface area (Å²) in [7, 11) is 0. The Morgan fingerprint density at radius 1 is 1.00 bits per heavy atom. The molecule has 2 rings (SSSR count). The van der Waals surface area contributed by atoms with Crippen LogP contribution in [-0.2, 0) is 14.3 Å². The number of benzene rings is 1. The van der Waals surface area contributed by atoms with Crippen LogP contribution in [0.15, 0.2) is 30.3 Å². The van der Waals surface area contributed by atoms with Gasteiger partial charge in [-0.3, -0.25) is 14.5 Å². The van der Waals surface area contributed by atoms with Crippen LogP contribution in [0.4, 0.5) is 4.79 Å². The van der Waals surface area contributed by atoms with E-state index in [1.165, 1.54) is 0 Å². The summed E-state index contributed by atoms with van der Waals surface area (Å²) < 4.78 is 5.34. The van der Waals surface area contributed by atoms with E-state index < -0.39 is 23.9 Å². The summed E-state index contributed by atoms with van der Waals surface area (Å²) >= 11 is 0. The van der Waals surface area contributed by atoms with E-state index in [2.05, 4.69) is 0 Å². The molecular weight excluding hydrogens is 284 g/mol. The van der Waals surface area contributed by atoms with Crippen LogP contribution in [0.3, 0.4) is 0 Å². The molecule has 1 heterocycles. The minimum absolute atomic E-state index is 0.00264. The Hall–Kier alpha value is -2.21. The van der Waals surface area contributed by atoms with Crippen molar-refractivity contribution in [3.63, 3.8) is 0 Å². The predicted octanol–water partition coefficient (Wildman–Crippen LogP) is 1.96. The topological polar surface area (TPSA) is 66.9 Å². The summed E-state index contributed by atoms with van der Waals surface area (Å²) in [5.74, 6) is -1.58. The zero-order valence-corrected chi connectivity index (χ0v) is 13.0. The Morgan fingerprint density at radius 2 is 1.64 bits per heavy atom. The first kappa shape index (κ1) is 16.2. The SMILES string of the molecule is CC(C)OCCN1C(=O)C(=O)N([C@H](C)c2ccccc2)C1=O. The second kappa shape index (κ2) is 6.70. The van der Waals surface area contributed by atoms with Crippen LogP contribution in [0.2, 0.25) is 0 Å². The van der Waals surface area contributed by atoms with Crippen molar-refractivity contribution in [2.24, 2.45) is 0 Å². The molecule has 118 valence electrons. The summed E-state index contributed by atoms with van der Waals surface area (Å²) in [5.41, 5.74) is 0.803. The maximum atomic E-state index is 12.4. The molecule has 0 N–H and O–H groups in total. The van der Waals surface area contributed by atoms with Crippen LogP contribution >= 0.6 is 0 Å². The third kappa shape index (κ3) is 3.17. The van der Waals surface area contributed by atoms with Gasteiger partial charge < -0.3 is 4.74 Å². The van der Waals surface area contributed by atoms with Crippen LogP contribution in [0.1, 0.15) is 32.4 Å². The van der Waals surface area contributed by atoms with Gasteiger partial charge in [0.2, 0.25) is 0 Å². The second-order valence-corrected chi connectivity index (χ2v) is 5.42. The third-order valence-corrected chi connectivity index (χ3v) is 3.52. The largest absolute Gasteiger partial charge is 0.377 e. The minimum Gasteiger partial charge on any atom is -0.377 e. The highest BCUT2D eigenvalue weighted by atomic mass is 16.5. The molecule has 6 nitrogen and oxygen atoms in total. The van der Waals surface area contributed by atoms with Crippen molar-refractivity contribution in [2.45, 2.75) is 32.9 Å². The number of carbonyl (C=O) groups excluding carboxylic acids is 3. The van der Waals surface area contributed by atoms with E-state index in [0.29, 0.717) is 0 Å². The van der Waals surface area contributed by atoms with Gasteiger partial charge in [-0.05, 0) is 26.3 Å². The molecule has 1 saturated heterocycles. The summed E-state index contributed by atoms with van der Waals surface area (Å²) in [6.07, 6.45) is 0.00264. The molecule has 22 heavy (non-hydrogen) atoms. The number of amides is 4. The first-order valence-electron chi connectivity index (χ1n) is 7.29. The number of rotatable bonds is 6. The van der Waals surface area contributed by atoms with Gasteiger partial charge in [0.1, 0.15) is 0 Å². The molecule has 1 aliphatic heterocycles. The summed E-state index contributed by atoms with van der Waals surface area (Å²) in [6, 6.07) is 8.07. The number of urea groups is 1. The standard InChI is InChI=1S/C16H20N2O4/c1-11(2)22-10-9-17-14(19)15(20)18(16(17)21)12(3)13-7-5-4-6-8-13/h4-8,11-12H,9-10H2,1-3H3/t12-/m1/s1. The fourth-order valence-corrected chi connectivity index (χ4v) is 2.32. The molecular formula is C16H20N2O4. The molecule has 0 aliphatic carbocycles. The van der Waals surface area contributed by atoms with Gasteiger partial charge in [0.25, 0.3) is 0 Å². The van der Waals surface area contributed by atoms with Crippen LogP contribution in [-0.4, -0.2) is 46.9 Å². The van der Waals surface area contributed by atoms with Crippen molar-refractivity contribution in [3.8, 4) is 0 Å². The number of ether oxygens (including phenoxy) is 1. The molecule has 4 amide bonds. The van der Waals surface area contributed by atoms with E-state index in [-0.39, 0.29) is 19.3 Å². The molecule has 1 atom stereocenters. The number of hydrogen-bond donors (Lipinski definition) is 0. The van der Waals surface area contributed by atoms with Crippen molar-refractivity contribution in [1.29, 1.82) is 0 Å². The lowest BCUT2D eigenvalue weighted by molar-refractivity contribution is -0.144.